The van der Waals surface area contributed by atoms with E-state index in [0.29, 0.717) is 22.9 Å². The number of aromatic nitrogens is 1. The molecule has 3 nitrogen and oxygen atoms in total. The van der Waals surface area contributed by atoms with Gasteiger partial charge in [0.1, 0.15) is 0 Å². The first-order chi connectivity index (χ1) is 10.9. The number of hydrogen-bond acceptors (Lipinski definition) is 2. The van der Waals surface area contributed by atoms with Crippen LogP contribution in [0.2, 0.25) is 5.02 Å². The van der Waals surface area contributed by atoms with Crippen molar-refractivity contribution in [3.8, 4) is 5.69 Å². The molecule has 0 amide bonds. The van der Waals surface area contributed by atoms with E-state index in [1.165, 1.54) is 0 Å². The monoisotopic (exact) mass is 369 g/mol. The number of nitrogens with zero attached hydrogens (tertiary/aromatic N) is 1. The number of benzene rings is 1. The number of aldehydes is 1. The van der Waals surface area contributed by atoms with E-state index in [1.54, 1.807) is 0 Å². The van der Waals surface area contributed by atoms with Crippen LogP contribution in [0.4, 0.5) is 26.3 Å². The van der Waals surface area contributed by atoms with E-state index in [-0.39, 0.29) is 18.0 Å². The highest BCUT2D eigenvalue weighted by molar-refractivity contribution is 6.32. The van der Waals surface area contributed by atoms with Gasteiger partial charge in [0.05, 0.1) is 21.8 Å². The SMILES string of the molecule is O=Cc1cn(-c2ccc(C(F)(F)F)cc2Cl)c(=O)cc1C(F)(F)F. The van der Waals surface area contributed by atoms with Crippen molar-refractivity contribution in [2.24, 2.45) is 0 Å². The zero-order chi connectivity index (χ0) is 18.3. The summed E-state index contributed by atoms with van der Waals surface area (Å²) in [5.74, 6) is 0. The fraction of sp³-hybridized carbons (Fsp3) is 0.143. The van der Waals surface area contributed by atoms with E-state index in [1.807, 2.05) is 0 Å². The predicted molar refractivity (Wildman–Crippen MR) is 72.4 cm³/mol. The molecule has 0 atom stereocenters. The van der Waals surface area contributed by atoms with Crippen LogP contribution < -0.4 is 5.56 Å². The van der Waals surface area contributed by atoms with Gasteiger partial charge in [-0.25, -0.2) is 0 Å². The number of alkyl halides is 6. The molecule has 0 saturated carbocycles. The zero-order valence-corrected chi connectivity index (χ0v) is 12.1. The van der Waals surface area contributed by atoms with E-state index < -0.39 is 39.6 Å². The summed E-state index contributed by atoms with van der Waals surface area (Å²) in [7, 11) is 0. The normalized spacial score (nSPS) is 12.3. The van der Waals surface area contributed by atoms with Gasteiger partial charge in [0.15, 0.2) is 6.29 Å². The minimum Gasteiger partial charge on any atom is -0.298 e. The molecule has 0 aliphatic rings. The maximum atomic E-state index is 12.8. The van der Waals surface area contributed by atoms with Crippen LogP contribution >= 0.6 is 11.6 Å². The van der Waals surface area contributed by atoms with Crippen molar-refractivity contribution < 1.29 is 31.1 Å². The summed E-state index contributed by atoms with van der Waals surface area (Å²) < 4.78 is 76.6. The standard InChI is InChI=1S/C14H6ClF6NO2/c15-10-3-8(13(16,17)18)1-2-11(10)22-5-7(6-23)9(4-12(22)24)14(19,20)21/h1-6H. The molecule has 2 aromatic rings. The lowest BCUT2D eigenvalue weighted by molar-refractivity contribution is -0.138. The van der Waals surface area contributed by atoms with Gasteiger partial charge in [0.2, 0.25) is 0 Å². The second kappa shape index (κ2) is 5.97. The molecule has 1 aromatic carbocycles. The lowest BCUT2D eigenvalue weighted by atomic mass is 10.1. The fourth-order valence-corrected chi connectivity index (χ4v) is 2.23. The number of pyridine rings is 1. The summed E-state index contributed by atoms with van der Waals surface area (Å²) in [5.41, 5.74) is -4.87. The average Bonchev–Trinajstić information content (AvgIpc) is 2.45. The Morgan fingerprint density at radius 2 is 1.62 bits per heavy atom. The molecule has 0 radical (unpaired) electrons. The summed E-state index contributed by atoms with van der Waals surface area (Å²) in [6.07, 6.45) is -9.15. The maximum Gasteiger partial charge on any atom is 0.417 e. The number of rotatable bonds is 2. The number of carbonyl (C=O) groups is 1. The van der Waals surface area contributed by atoms with Crippen LogP contribution in [0.25, 0.3) is 5.69 Å². The maximum absolute atomic E-state index is 12.8. The van der Waals surface area contributed by atoms with Gasteiger partial charge < -0.3 is 0 Å². The Balaban J connectivity index is 2.66. The van der Waals surface area contributed by atoms with E-state index in [2.05, 4.69) is 0 Å². The minimum absolute atomic E-state index is 0.114. The van der Waals surface area contributed by atoms with E-state index >= 15 is 0 Å². The van der Waals surface area contributed by atoms with Crippen LogP contribution in [-0.4, -0.2) is 10.9 Å². The summed E-state index contributed by atoms with van der Waals surface area (Å²) in [6, 6.07) is 2.15. The molecule has 0 saturated heterocycles. The Kier molecular flexibility index (Phi) is 4.49. The van der Waals surface area contributed by atoms with Crippen molar-refractivity contribution in [1.82, 2.24) is 4.57 Å². The van der Waals surface area contributed by atoms with Crippen LogP contribution in [0.15, 0.2) is 35.3 Å². The first-order valence-electron chi connectivity index (χ1n) is 6.11. The van der Waals surface area contributed by atoms with Crippen molar-refractivity contribution >= 4 is 17.9 Å². The van der Waals surface area contributed by atoms with Gasteiger partial charge >= 0.3 is 12.4 Å². The highest BCUT2D eigenvalue weighted by Crippen LogP contribution is 2.34. The van der Waals surface area contributed by atoms with Crippen LogP contribution in [0, 0.1) is 0 Å². The molecule has 24 heavy (non-hydrogen) atoms. The minimum atomic E-state index is -4.93. The third-order valence-electron chi connectivity index (χ3n) is 3.05. The molecule has 0 aliphatic carbocycles. The fourth-order valence-electron chi connectivity index (χ4n) is 1.95. The van der Waals surface area contributed by atoms with E-state index in [0.717, 1.165) is 6.07 Å². The Morgan fingerprint density at radius 3 is 2.08 bits per heavy atom. The van der Waals surface area contributed by atoms with Crippen LogP contribution in [0.5, 0.6) is 0 Å². The van der Waals surface area contributed by atoms with Gasteiger partial charge in [-0.3, -0.25) is 14.2 Å². The van der Waals surface area contributed by atoms with Crippen molar-refractivity contribution in [2.75, 3.05) is 0 Å². The van der Waals surface area contributed by atoms with Gasteiger partial charge in [-0.1, -0.05) is 11.6 Å². The Bertz CT molecular complexity index is 854. The number of hydrogen-bond donors (Lipinski definition) is 0. The third-order valence-corrected chi connectivity index (χ3v) is 3.35. The summed E-state index contributed by atoms with van der Waals surface area (Å²) in [4.78, 5) is 22.7. The summed E-state index contributed by atoms with van der Waals surface area (Å²) in [6.45, 7) is 0. The van der Waals surface area contributed by atoms with Crippen molar-refractivity contribution in [3.63, 3.8) is 0 Å². The molecule has 10 heteroatoms. The second-order valence-electron chi connectivity index (χ2n) is 4.63. The Labute approximate surface area is 135 Å². The van der Waals surface area contributed by atoms with Crippen molar-refractivity contribution in [3.05, 3.63) is 62.5 Å². The lowest BCUT2D eigenvalue weighted by Gasteiger charge is -2.14. The third kappa shape index (κ3) is 3.45. The largest absolute Gasteiger partial charge is 0.417 e. The van der Waals surface area contributed by atoms with Crippen molar-refractivity contribution in [2.45, 2.75) is 12.4 Å². The topological polar surface area (TPSA) is 39.1 Å². The van der Waals surface area contributed by atoms with Crippen LogP contribution in [-0.2, 0) is 12.4 Å². The van der Waals surface area contributed by atoms with E-state index in [9.17, 15) is 35.9 Å². The van der Waals surface area contributed by atoms with Gasteiger partial charge in [-0.2, -0.15) is 26.3 Å². The molecule has 1 aromatic heterocycles. The van der Waals surface area contributed by atoms with Gasteiger partial charge in [-0.05, 0) is 18.2 Å². The Hall–Kier alpha value is -2.29. The molecule has 2 rings (SSSR count). The van der Waals surface area contributed by atoms with Crippen molar-refractivity contribution in [1.29, 1.82) is 0 Å². The molecule has 0 aliphatic heterocycles. The quantitative estimate of drug-likeness (QED) is 0.583. The highest BCUT2D eigenvalue weighted by Gasteiger charge is 2.35. The van der Waals surface area contributed by atoms with Crippen LogP contribution in [0.1, 0.15) is 21.5 Å². The molecule has 0 spiro atoms. The Morgan fingerprint density at radius 1 is 1.00 bits per heavy atom. The van der Waals surface area contributed by atoms with Crippen LogP contribution in [0.3, 0.4) is 0 Å². The predicted octanol–water partition coefficient (Wildman–Crippen LogP) is 4.34. The van der Waals surface area contributed by atoms with Gasteiger partial charge in [0, 0.05) is 17.8 Å². The lowest BCUT2D eigenvalue weighted by Crippen LogP contribution is -2.23. The molecule has 0 unspecified atom stereocenters. The summed E-state index contributed by atoms with van der Waals surface area (Å²) in [5, 5.41) is -0.511. The molecule has 128 valence electrons. The summed E-state index contributed by atoms with van der Waals surface area (Å²) >= 11 is 5.70. The average molecular weight is 370 g/mol. The number of carbonyl (C=O) groups excluding carboxylic acids is 1. The second-order valence-corrected chi connectivity index (χ2v) is 5.04. The molecular formula is C14H6ClF6NO2. The first-order valence-corrected chi connectivity index (χ1v) is 6.49. The highest BCUT2D eigenvalue weighted by atomic mass is 35.5. The molecular weight excluding hydrogens is 364 g/mol. The number of halogens is 7. The van der Waals surface area contributed by atoms with Gasteiger partial charge in [-0.15, -0.1) is 0 Å². The molecule has 0 bridgehead atoms. The van der Waals surface area contributed by atoms with Gasteiger partial charge in [0.25, 0.3) is 5.56 Å². The zero-order valence-electron chi connectivity index (χ0n) is 11.4. The molecule has 0 fully saturated rings. The molecule has 1 heterocycles. The smallest absolute Gasteiger partial charge is 0.298 e. The molecule has 0 N–H and O–H groups in total. The van der Waals surface area contributed by atoms with E-state index in [4.69, 9.17) is 11.6 Å². The first kappa shape index (κ1) is 18.1.